The average molecular weight is 306 g/mol. The molecular weight excluding hydrogens is 286 g/mol. The van der Waals surface area contributed by atoms with Gasteiger partial charge in [-0.1, -0.05) is 41.9 Å². The summed E-state index contributed by atoms with van der Waals surface area (Å²) in [6, 6.07) is 13.8. The molecule has 112 valence electrons. The fraction of sp³-hybridized carbons (Fsp3) is 0.294. The lowest BCUT2D eigenvalue weighted by Crippen LogP contribution is -2.06. The molecule has 0 heterocycles. The van der Waals surface area contributed by atoms with Gasteiger partial charge < -0.3 is 15.2 Å². The van der Waals surface area contributed by atoms with Gasteiger partial charge in [0.1, 0.15) is 6.10 Å². The van der Waals surface area contributed by atoms with Crippen LogP contribution in [0.4, 0.5) is 0 Å². The Balaban J connectivity index is 2.27. The van der Waals surface area contributed by atoms with Crippen molar-refractivity contribution in [3.63, 3.8) is 0 Å². The van der Waals surface area contributed by atoms with E-state index in [-0.39, 0.29) is 6.10 Å². The van der Waals surface area contributed by atoms with Crippen LogP contribution in [-0.2, 0) is 6.42 Å². The Morgan fingerprint density at radius 1 is 1.19 bits per heavy atom. The summed E-state index contributed by atoms with van der Waals surface area (Å²) in [4.78, 5) is 0. The Bertz CT molecular complexity index is 587. The van der Waals surface area contributed by atoms with Crippen LogP contribution in [0.15, 0.2) is 42.5 Å². The van der Waals surface area contributed by atoms with Crippen molar-refractivity contribution in [2.75, 3.05) is 13.7 Å². The normalized spacial score (nSPS) is 12.0. The molecule has 0 aliphatic carbocycles. The van der Waals surface area contributed by atoms with Crippen molar-refractivity contribution in [2.24, 2.45) is 5.73 Å². The van der Waals surface area contributed by atoms with E-state index >= 15 is 0 Å². The highest BCUT2D eigenvalue weighted by atomic mass is 35.5. The minimum absolute atomic E-state index is 0.113. The molecule has 2 aromatic rings. The van der Waals surface area contributed by atoms with Crippen LogP contribution >= 0.6 is 11.6 Å². The molecule has 0 amide bonds. The summed E-state index contributed by atoms with van der Waals surface area (Å²) in [5, 5.41) is 0.542. The first kappa shape index (κ1) is 15.7. The fourth-order valence-electron chi connectivity index (χ4n) is 2.17. The van der Waals surface area contributed by atoms with Gasteiger partial charge in [-0.05, 0) is 43.1 Å². The Kier molecular flexibility index (Phi) is 5.48. The lowest BCUT2D eigenvalue weighted by atomic mass is 10.1. The minimum Gasteiger partial charge on any atom is -0.493 e. The molecule has 1 atom stereocenters. The second-order valence-corrected chi connectivity index (χ2v) is 5.23. The minimum atomic E-state index is -0.113. The molecule has 0 spiro atoms. The first-order valence-corrected chi connectivity index (χ1v) is 7.31. The summed E-state index contributed by atoms with van der Waals surface area (Å²) >= 11 is 6.33. The van der Waals surface area contributed by atoms with E-state index in [2.05, 4.69) is 0 Å². The van der Waals surface area contributed by atoms with Crippen molar-refractivity contribution in [3.8, 4) is 11.5 Å². The second-order valence-electron chi connectivity index (χ2n) is 4.82. The first-order valence-electron chi connectivity index (χ1n) is 6.93. The lowest BCUT2D eigenvalue weighted by Gasteiger charge is -2.19. The number of rotatable bonds is 6. The summed E-state index contributed by atoms with van der Waals surface area (Å²) in [6.07, 6.45) is 0.642. The summed E-state index contributed by atoms with van der Waals surface area (Å²) in [7, 11) is 1.61. The molecule has 2 aromatic carbocycles. The average Bonchev–Trinajstić information content (AvgIpc) is 2.50. The highest BCUT2D eigenvalue weighted by molar-refractivity contribution is 6.32. The van der Waals surface area contributed by atoms with Crippen molar-refractivity contribution >= 4 is 11.6 Å². The van der Waals surface area contributed by atoms with Crippen LogP contribution < -0.4 is 15.2 Å². The number of methoxy groups -OCH3 is 1. The Hall–Kier alpha value is -1.71. The van der Waals surface area contributed by atoms with Crippen molar-refractivity contribution in [1.82, 2.24) is 0 Å². The summed E-state index contributed by atoms with van der Waals surface area (Å²) in [6.45, 7) is 2.55. The van der Waals surface area contributed by atoms with Gasteiger partial charge in [0.15, 0.2) is 11.5 Å². The molecule has 21 heavy (non-hydrogen) atoms. The molecule has 0 aliphatic rings. The number of hydrogen-bond acceptors (Lipinski definition) is 3. The molecule has 3 nitrogen and oxygen atoms in total. The Morgan fingerprint density at radius 3 is 2.52 bits per heavy atom. The van der Waals surface area contributed by atoms with Crippen molar-refractivity contribution in [3.05, 3.63) is 58.6 Å². The number of benzene rings is 2. The Morgan fingerprint density at radius 2 is 1.90 bits per heavy atom. The smallest absolute Gasteiger partial charge is 0.180 e. The van der Waals surface area contributed by atoms with E-state index in [9.17, 15) is 0 Å². The molecular formula is C17H20ClNO2. The van der Waals surface area contributed by atoms with Crippen LogP contribution in [0.3, 0.4) is 0 Å². The molecule has 0 aromatic heterocycles. The summed E-state index contributed by atoms with van der Waals surface area (Å²) in [5.74, 6) is 1.20. The van der Waals surface area contributed by atoms with Crippen LogP contribution in [-0.4, -0.2) is 13.7 Å². The lowest BCUT2D eigenvalue weighted by molar-refractivity contribution is 0.216. The predicted molar refractivity (Wildman–Crippen MR) is 86.2 cm³/mol. The van der Waals surface area contributed by atoms with Gasteiger partial charge in [-0.25, -0.2) is 0 Å². The summed E-state index contributed by atoms with van der Waals surface area (Å²) in [5.41, 5.74) is 7.71. The quantitative estimate of drug-likeness (QED) is 0.877. The highest BCUT2D eigenvalue weighted by Gasteiger charge is 2.15. The molecule has 0 fully saturated rings. The molecule has 0 saturated heterocycles. The van der Waals surface area contributed by atoms with Crippen molar-refractivity contribution in [2.45, 2.75) is 19.4 Å². The third-order valence-corrected chi connectivity index (χ3v) is 3.57. The van der Waals surface area contributed by atoms with Crippen LogP contribution in [0.2, 0.25) is 5.02 Å². The second kappa shape index (κ2) is 7.34. The number of ether oxygens (including phenoxy) is 2. The van der Waals surface area contributed by atoms with Crippen molar-refractivity contribution in [1.29, 1.82) is 0 Å². The van der Waals surface area contributed by atoms with E-state index in [4.69, 9.17) is 26.8 Å². The van der Waals surface area contributed by atoms with Gasteiger partial charge in [-0.2, -0.15) is 0 Å². The van der Waals surface area contributed by atoms with Gasteiger partial charge in [0, 0.05) is 0 Å². The van der Waals surface area contributed by atoms with E-state index in [1.54, 1.807) is 7.11 Å². The predicted octanol–water partition coefficient (Wildman–Crippen LogP) is 3.99. The van der Waals surface area contributed by atoms with Gasteiger partial charge in [0.05, 0.1) is 12.1 Å². The zero-order chi connectivity index (χ0) is 15.2. The van der Waals surface area contributed by atoms with E-state index in [1.165, 1.54) is 0 Å². The monoisotopic (exact) mass is 305 g/mol. The van der Waals surface area contributed by atoms with Gasteiger partial charge in [-0.3, -0.25) is 0 Å². The summed E-state index contributed by atoms with van der Waals surface area (Å²) < 4.78 is 11.4. The van der Waals surface area contributed by atoms with Gasteiger partial charge in [0.25, 0.3) is 0 Å². The number of hydrogen-bond donors (Lipinski definition) is 1. The molecule has 1 unspecified atom stereocenters. The van der Waals surface area contributed by atoms with Gasteiger partial charge >= 0.3 is 0 Å². The maximum atomic E-state index is 6.33. The SMILES string of the molecule is COc1cc(CCN)cc(Cl)c1OC(C)c1ccccc1. The number of nitrogens with two attached hydrogens (primary N) is 1. The van der Waals surface area contributed by atoms with Crippen LogP contribution in [0.25, 0.3) is 0 Å². The van der Waals surface area contributed by atoms with E-state index in [1.807, 2.05) is 49.4 Å². The topological polar surface area (TPSA) is 44.5 Å². The molecule has 2 rings (SSSR count). The third-order valence-electron chi connectivity index (χ3n) is 3.29. The maximum absolute atomic E-state index is 6.33. The van der Waals surface area contributed by atoms with Crippen LogP contribution in [0.1, 0.15) is 24.2 Å². The van der Waals surface area contributed by atoms with Gasteiger partial charge in [-0.15, -0.1) is 0 Å². The van der Waals surface area contributed by atoms with E-state index in [0.29, 0.717) is 23.1 Å². The zero-order valence-electron chi connectivity index (χ0n) is 12.3. The molecule has 0 aliphatic heterocycles. The third kappa shape index (κ3) is 3.90. The molecule has 0 bridgehead atoms. The fourth-order valence-corrected chi connectivity index (χ4v) is 2.45. The largest absolute Gasteiger partial charge is 0.493 e. The van der Waals surface area contributed by atoms with E-state index in [0.717, 1.165) is 17.5 Å². The van der Waals surface area contributed by atoms with Crippen LogP contribution in [0.5, 0.6) is 11.5 Å². The van der Waals surface area contributed by atoms with Crippen molar-refractivity contribution < 1.29 is 9.47 Å². The van der Waals surface area contributed by atoms with Gasteiger partial charge in [0.2, 0.25) is 0 Å². The Labute approximate surface area is 130 Å². The molecule has 0 radical (unpaired) electrons. The van der Waals surface area contributed by atoms with Crippen LogP contribution in [0, 0.1) is 0 Å². The number of halogens is 1. The highest BCUT2D eigenvalue weighted by Crippen LogP contribution is 2.39. The maximum Gasteiger partial charge on any atom is 0.180 e. The first-order chi connectivity index (χ1) is 10.2. The molecule has 4 heteroatoms. The standard InChI is InChI=1S/C17H20ClNO2/c1-12(14-6-4-3-5-7-14)21-17-15(18)10-13(8-9-19)11-16(17)20-2/h3-7,10-12H,8-9,19H2,1-2H3. The molecule has 0 saturated carbocycles. The zero-order valence-corrected chi connectivity index (χ0v) is 13.1. The van der Waals surface area contributed by atoms with E-state index < -0.39 is 0 Å². The molecule has 2 N–H and O–H groups in total.